The number of amides is 1. The van der Waals surface area contributed by atoms with Gasteiger partial charge < -0.3 is 19.5 Å². The predicted octanol–water partition coefficient (Wildman–Crippen LogP) is 3.22. The molecule has 1 aliphatic rings. The Bertz CT molecular complexity index is 1280. The molecule has 3 aromatic carbocycles. The van der Waals surface area contributed by atoms with Crippen LogP contribution in [0.25, 0.3) is 0 Å². The van der Waals surface area contributed by atoms with Gasteiger partial charge in [-0.2, -0.15) is 4.31 Å². The van der Waals surface area contributed by atoms with Crippen molar-refractivity contribution in [3.8, 4) is 17.2 Å². The number of hydrogen-bond donors (Lipinski definition) is 1. The Labute approximate surface area is 199 Å². The van der Waals surface area contributed by atoms with E-state index in [0.29, 0.717) is 24.5 Å². The molecule has 1 aliphatic heterocycles. The van der Waals surface area contributed by atoms with E-state index in [1.54, 1.807) is 6.07 Å². The monoisotopic (exact) mass is 482 g/mol. The van der Waals surface area contributed by atoms with Crippen molar-refractivity contribution < 1.29 is 27.4 Å². The van der Waals surface area contributed by atoms with Crippen molar-refractivity contribution in [3.05, 3.63) is 83.4 Å². The van der Waals surface area contributed by atoms with Crippen molar-refractivity contribution in [1.29, 1.82) is 0 Å². The Morgan fingerprint density at radius 1 is 1.00 bits per heavy atom. The lowest BCUT2D eigenvalue weighted by Crippen LogP contribution is -2.28. The van der Waals surface area contributed by atoms with Crippen molar-refractivity contribution in [2.45, 2.75) is 17.9 Å². The van der Waals surface area contributed by atoms with Gasteiger partial charge in [0.15, 0.2) is 11.5 Å². The molecule has 8 nitrogen and oxygen atoms in total. The van der Waals surface area contributed by atoms with Crippen LogP contribution in [0.5, 0.6) is 17.2 Å². The molecule has 0 fully saturated rings. The summed E-state index contributed by atoms with van der Waals surface area (Å²) in [4.78, 5) is 12.7. The lowest BCUT2D eigenvalue weighted by Gasteiger charge is -2.19. The molecule has 0 aliphatic carbocycles. The number of hydrogen-bond acceptors (Lipinski definition) is 6. The summed E-state index contributed by atoms with van der Waals surface area (Å²) in [6, 6.07) is 19.3. The van der Waals surface area contributed by atoms with Crippen LogP contribution < -0.4 is 19.5 Å². The van der Waals surface area contributed by atoms with Crippen molar-refractivity contribution in [3.63, 3.8) is 0 Å². The van der Waals surface area contributed by atoms with Crippen LogP contribution in [0, 0.1) is 0 Å². The quantitative estimate of drug-likeness (QED) is 0.503. The van der Waals surface area contributed by atoms with E-state index < -0.39 is 10.0 Å². The average Bonchev–Trinajstić information content (AvgIpc) is 3.32. The highest BCUT2D eigenvalue weighted by Gasteiger charge is 2.26. The Hall–Kier alpha value is -3.56. The third kappa shape index (κ3) is 5.16. The Morgan fingerprint density at radius 2 is 1.76 bits per heavy atom. The van der Waals surface area contributed by atoms with Gasteiger partial charge in [-0.3, -0.25) is 4.79 Å². The molecule has 9 heteroatoms. The molecule has 3 aromatic rings. The maximum atomic E-state index is 13.3. The normalized spacial score (nSPS) is 12.6. The first-order valence-electron chi connectivity index (χ1n) is 10.7. The second-order valence-corrected chi connectivity index (χ2v) is 9.82. The molecule has 0 atom stereocenters. The molecular formula is C25H26N2O6S. The summed E-state index contributed by atoms with van der Waals surface area (Å²) >= 11 is 0. The molecule has 4 rings (SSSR count). The molecule has 1 heterocycles. The van der Waals surface area contributed by atoms with E-state index in [2.05, 4.69) is 5.32 Å². The molecule has 1 amide bonds. The number of rotatable bonds is 9. The minimum Gasteiger partial charge on any atom is -0.495 e. The van der Waals surface area contributed by atoms with Gasteiger partial charge in [-0.1, -0.05) is 36.4 Å². The molecule has 0 saturated heterocycles. The highest BCUT2D eigenvalue weighted by atomic mass is 32.2. The standard InChI is InChI=1S/C25H26N2O6S/c1-27(16-19-6-4-3-5-7-19)34(29,30)24-15-20(9-11-22(24)31-2)25(28)26-13-12-18-8-10-21-23(14-18)33-17-32-21/h3-11,14-15H,12-13,16-17H2,1-2H3,(H,26,28). The van der Waals surface area contributed by atoms with Gasteiger partial charge >= 0.3 is 0 Å². The fourth-order valence-corrected chi connectivity index (χ4v) is 4.97. The van der Waals surface area contributed by atoms with E-state index in [-0.39, 0.29) is 35.5 Å². The molecule has 1 N–H and O–H groups in total. The van der Waals surface area contributed by atoms with E-state index in [1.165, 1.54) is 30.6 Å². The number of nitrogens with zero attached hydrogens (tertiary/aromatic N) is 1. The van der Waals surface area contributed by atoms with E-state index in [1.807, 2.05) is 48.5 Å². The fraction of sp³-hybridized carbons (Fsp3) is 0.240. The molecule has 0 aromatic heterocycles. The predicted molar refractivity (Wildman–Crippen MR) is 127 cm³/mol. The van der Waals surface area contributed by atoms with E-state index in [4.69, 9.17) is 14.2 Å². The number of nitrogens with one attached hydrogen (secondary N) is 1. The smallest absolute Gasteiger partial charge is 0.251 e. The summed E-state index contributed by atoms with van der Waals surface area (Å²) < 4.78 is 43.8. The van der Waals surface area contributed by atoms with Crippen molar-refractivity contribution >= 4 is 15.9 Å². The minimum absolute atomic E-state index is 0.0585. The number of benzene rings is 3. The van der Waals surface area contributed by atoms with Crippen LogP contribution in [0.1, 0.15) is 21.5 Å². The van der Waals surface area contributed by atoms with E-state index in [9.17, 15) is 13.2 Å². The van der Waals surface area contributed by atoms with Crippen LogP contribution >= 0.6 is 0 Å². The summed E-state index contributed by atoms with van der Waals surface area (Å²) in [5, 5.41) is 2.84. The first-order chi connectivity index (χ1) is 16.4. The topological polar surface area (TPSA) is 94.2 Å². The first-order valence-corrected chi connectivity index (χ1v) is 12.2. The third-order valence-corrected chi connectivity index (χ3v) is 7.32. The largest absolute Gasteiger partial charge is 0.495 e. The molecule has 0 spiro atoms. The molecule has 0 unspecified atom stereocenters. The molecule has 0 radical (unpaired) electrons. The summed E-state index contributed by atoms with van der Waals surface area (Å²) in [5.74, 6) is 1.20. The number of carbonyl (C=O) groups excluding carboxylic acids is 1. The van der Waals surface area contributed by atoms with Gasteiger partial charge in [0.05, 0.1) is 7.11 Å². The molecular weight excluding hydrogens is 456 g/mol. The molecule has 0 bridgehead atoms. The summed E-state index contributed by atoms with van der Waals surface area (Å²) in [6.07, 6.45) is 0.587. The summed E-state index contributed by atoms with van der Waals surface area (Å²) in [5.41, 5.74) is 2.08. The van der Waals surface area contributed by atoms with Crippen LogP contribution in [-0.4, -0.2) is 46.1 Å². The van der Waals surface area contributed by atoms with E-state index in [0.717, 1.165) is 11.1 Å². The van der Waals surface area contributed by atoms with Crippen molar-refractivity contribution in [1.82, 2.24) is 9.62 Å². The second kappa shape index (κ2) is 10.1. The Balaban J connectivity index is 1.46. The Morgan fingerprint density at radius 3 is 2.53 bits per heavy atom. The van der Waals surface area contributed by atoms with Gasteiger partial charge in [0.1, 0.15) is 10.6 Å². The first kappa shape index (κ1) is 23.6. The zero-order valence-corrected chi connectivity index (χ0v) is 19.8. The molecule has 178 valence electrons. The number of sulfonamides is 1. The van der Waals surface area contributed by atoms with Crippen LogP contribution in [-0.2, 0) is 23.0 Å². The highest BCUT2D eigenvalue weighted by molar-refractivity contribution is 7.89. The molecule has 34 heavy (non-hydrogen) atoms. The van der Waals surface area contributed by atoms with Crippen LogP contribution in [0.15, 0.2) is 71.6 Å². The van der Waals surface area contributed by atoms with Gasteiger partial charge in [-0.05, 0) is 47.9 Å². The third-order valence-electron chi connectivity index (χ3n) is 5.50. The highest BCUT2D eigenvalue weighted by Crippen LogP contribution is 2.32. The van der Waals surface area contributed by atoms with Crippen molar-refractivity contribution in [2.24, 2.45) is 0 Å². The van der Waals surface area contributed by atoms with Crippen molar-refractivity contribution in [2.75, 3.05) is 27.5 Å². The maximum Gasteiger partial charge on any atom is 0.251 e. The summed E-state index contributed by atoms with van der Waals surface area (Å²) in [6.45, 7) is 0.775. The van der Waals surface area contributed by atoms with Gasteiger partial charge in [-0.25, -0.2) is 8.42 Å². The summed E-state index contributed by atoms with van der Waals surface area (Å²) in [7, 11) is -1.00. The van der Waals surface area contributed by atoms with Crippen LogP contribution in [0.2, 0.25) is 0 Å². The second-order valence-electron chi connectivity index (χ2n) is 7.81. The minimum atomic E-state index is -3.90. The zero-order valence-electron chi connectivity index (χ0n) is 19.0. The average molecular weight is 483 g/mol. The number of methoxy groups -OCH3 is 1. The van der Waals surface area contributed by atoms with Crippen LogP contribution in [0.3, 0.4) is 0 Å². The Kier molecular flexibility index (Phi) is 7.04. The van der Waals surface area contributed by atoms with Gasteiger partial charge in [-0.15, -0.1) is 0 Å². The SMILES string of the molecule is COc1ccc(C(=O)NCCc2ccc3c(c2)OCO3)cc1S(=O)(=O)N(C)Cc1ccccc1. The number of carbonyl (C=O) groups is 1. The number of ether oxygens (including phenoxy) is 3. The number of fused-ring (bicyclic) bond motifs is 1. The van der Waals surface area contributed by atoms with Gasteiger partial charge in [0.2, 0.25) is 16.8 Å². The zero-order chi connectivity index (χ0) is 24.1. The molecule has 0 saturated carbocycles. The van der Waals surface area contributed by atoms with Gasteiger partial charge in [0, 0.05) is 25.7 Å². The lowest BCUT2D eigenvalue weighted by atomic mass is 10.1. The fourth-order valence-electron chi connectivity index (χ4n) is 3.63. The van der Waals surface area contributed by atoms with Gasteiger partial charge in [0.25, 0.3) is 5.91 Å². The maximum absolute atomic E-state index is 13.3. The van der Waals surface area contributed by atoms with Crippen LogP contribution in [0.4, 0.5) is 0 Å². The lowest BCUT2D eigenvalue weighted by molar-refractivity contribution is 0.0954. The van der Waals surface area contributed by atoms with E-state index >= 15 is 0 Å².